The Morgan fingerprint density at radius 1 is 1.16 bits per heavy atom. The molecule has 10 heteroatoms. The van der Waals surface area contributed by atoms with Gasteiger partial charge in [-0.25, -0.2) is 0 Å². The first-order chi connectivity index (χ1) is 17.9. The molecule has 0 spiro atoms. The molecule has 0 unspecified atom stereocenters. The van der Waals surface area contributed by atoms with E-state index in [1.54, 1.807) is 12.1 Å². The summed E-state index contributed by atoms with van der Waals surface area (Å²) in [6, 6.07) is 15.1. The van der Waals surface area contributed by atoms with Gasteiger partial charge in [0, 0.05) is 17.1 Å². The number of halogens is 2. The van der Waals surface area contributed by atoms with Gasteiger partial charge >= 0.3 is 0 Å². The van der Waals surface area contributed by atoms with Crippen LogP contribution in [0.4, 0.5) is 11.4 Å². The van der Waals surface area contributed by atoms with Crippen molar-refractivity contribution in [2.75, 3.05) is 25.5 Å². The van der Waals surface area contributed by atoms with Crippen LogP contribution < -0.4 is 15.4 Å². The Bertz CT molecular complexity index is 1410. The predicted molar refractivity (Wildman–Crippen MR) is 150 cm³/mol. The van der Waals surface area contributed by atoms with E-state index in [4.69, 9.17) is 33.0 Å². The third-order valence-electron chi connectivity index (χ3n) is 5.89. The Balaban J connectivity index is 0.000000396. The molecule has 1 aliphatic heterocycles. The molecule has 2 aromatic carbocycles. The molecule has 4 N–H and O–H groups in total. The number of nitriles is 1. The fraction of sp³-hybridized carbons (Fsp3) is 0.259. The van der Waals surface area contributed by atoms with E-state index in [0.717, 1.165) is 52.2 Å². The smallest absolute Gasteiger partial charge is 0.139 e. The second kappa shape index (κ2) is 12.6. The number of ether oxygens (including phenoxy) is 1. The van der Waals surface area contributed by atoms with Crippen molar-refractivity contribution in [3.05, 3.63) is 69.8 Å². The van der Waals surface area contributed by atoms with Gasteiger partial charge in [-0.3, -0.25) is 4.98 Å². The number of benzene rings is 2. The Kier molecular flexibility index (Phi) is 9.22. The van der Waals surface area contributed by atoms with E-state index in [2.05, 4.69) is 21.7 Å². The molecule has 1 aliphatic rings. The fourth-order valence-electron chi connectivity index (χ4n) is 3.83. The van der Waals surface area contributed by atoms with Crippen LogP contribution in [0.2, 0.25) is 10.0 Å². The highest BCUT2D eigenvalue weighted by molar-refractivity contribution is 7.22. The maximum atomic E-state index is 9.62. The van der Waals surface area contributed by atoms with Crippen molar-refractivity contribution in [1.82, 2.24) is 10.3 Å². The number of nitrogens with zero attached hydrogens (tertiary/aromatic N) is 2. The number of fused-ring (bicyclic) bond motifs is 1. The summed E-state index contributed by atoms with van der Waals surface area (Å²) in [6.45, 7) is 1.97. The second-order valence-electron chi connectivity index (χ2n) is 8.41. The van der Waals surface area contributed by atoms with Crippen LogP contribution in [0.15, 0.2) is 48.7 Å². The molecule has 1 fully saturated rings. The standard InChI is InChI=1S/C22H15Cl2N3O2S.C5H11NO/c1-29-19-7-17(15(23)6-16(19)24)27-21-14(9-25)10-26-18-8-20(30-22(18)21)13-4-2-12(11-28)3-5-13;7-5-1-3-6-4-2-5/h2-8,10,28H,11H2,1H3,(H,26,27);5-7H,1-4H2. The number of hydrogen-bond acceptors (Lipinski definition) is 8. The van der Waals surface area contributed by atoms with Crippen molar-refractivity contribution < 1.29 is 14.9 Å². The number of methoxy groups -OCH3 is 1. The molecule has 0 aliphatic carbocycles. The van der Waals surface area contributed by atoms with E-state index in [9.17, 15) is 10.4 Å². The van der Waals surface area contributed by atoms with Gasteiger partial charge in [0.2, 0.25) is 0 Å². The van der Waals surface area contributed by atoms with Crippen molar-refractivity contribution in [3.63, 3.8) is 0 Å². The molecule has 192 valence electrons. The molecule has 0 saturated carbocycles. The van der Waals surface area contributed by atoms with Crippen molar-refractivity contribution in [2.24, 2.45) is 0 Å². The lowest BCUT2D eigenvalue weighted by Crippen LogP contribution is -2.30. The Morgan fingerprint density at radius 3 is 2.49 bits per heavy atom. The van der Waals surface area contributed by atoms with E-state index in [0.29, 0.717) is 32.7 Å². The van der Waals surface area contributed by atoms with Crippen LogP contribution >= 0.6 is 34.5 Å². The van der Waals surface area contributed by atoms with Crippen molar-refractivity contribution >= 4 is 56.1 Å². The van der Waals surface area contributed by atoms with Crippen LogP contribution in [-0.4, -0.2) is 41.5 Å². The average molecular weight is 558 g/mol. The molecule has 0 bridgehead atoms. The average Bonchev–Trinajstić information content (AvgIpc) is 3.36. The van der Waals surface area contributed by atoms with Gasteiger partial charge in [-0.1, -0.05) is 47.5 Å². The molecule has 7 nitrogen and oxygen atoms in total. The molecular formula is C27H26Cl2N4O3S. The maximum Gasteiger partial charge on any atom is 0.139 e. The molecule has 0 amide bonds. The summed E-state index contributed by atoms with van der Waals surface area (Å²) in [5.74, 6) is 0.475. The summed E-state index contributed by atoms with van der Waals surface area (Å²) < 4.78 is 6.11. The number of aliphatic hydroxyl groups excluding tert-OH is 2. The van der Waals surface area contributed by atoms with Gasteiger partial charge < -0.3 is 25.6 Å². The zero-order valence-electron chi connectivity index (χ0n) is 20.1. The van der Waals surface area contributed by atoms with E-state index in [1.807, 2.05) is 30.3 Å². The lowest BCUT2D eigenvalue weighted by Gasteiger charge is -2.16. The number of piperidine rings is 1. The summed E-state index contributed by atoms with van der Waals surface area (Å²) in [5, 5.41) is 35.0. The van der Waals surface area contributed by atoms with Crippen LogP contribution in [0.25, 0.3) is 20.7 Å². The van der Waals surface area contributed by atoms with E-state index >= 15 is 0 Å². The largest absolute Gasteiger partial charge is 0.495 e. The Labute approximate surface area is 229 Å². The summed E-state index contributed by atoms with van der Waals surface area (Å²) in [5.41, 5.74) is 4.21. The normalized spacial score (nSPS) is 13.5. The second-order valence-corrected chi connectivity index (χ2v) is 10.3. The van der Waals surface area contributed by atoms with E-state index < -0.39 is 0 Å². The molecule has 2 aromatic heterocycles. The summed E-state index contributed by atoms with van der Waals surface area (Å²) in [7, 11) is 1.53. The first kappa shape index (κ1) is 27.1. The molecule has 37 heavy (non-hydrogen) atoms. The minimum atomic E-state index is -0.0266. The monoisotopic (exact) mass is 556 g/mol. The number of hydrogen-bond donors (Lipinski definition) is 4. The van der Waals surface area contributed by atoms with Gasteiger partial charge in [0.15, 0.2) is 0 Å². The number of pyridine rings is 1. The van der Waals surface area contributed by atoms with Gasteiger partial charge in [-0.15, -0.1) is 11.3 Å². The molecule has 4 aromatic rings. The zero-order valence-corrected chi connectivity index (χ0v) is 22.4. The topological polar surface area (TPSA) is 110 Å². The highest BCUT2D eigenvalue weighted by atomic mass is 35.5. The number of aromatic nitrogens is 1. The molecule has 5 rings (SSSR count). The minimum absolute atomic E-state index is 0.000830. The third-order valence-corrected chi connectivity index (χ3v) is 7.69. The number of nitrogens with one attached hydrogen (secondary N) is 2. The van der Waals surface area contributed by atoms with Crippen LogP contribution in [0.1, 0.15) is 24.0 Å². The Morgan fingerprint density at radius 2 is 1.89 bits per heavy atom. The number of aliphatic hydroxyl groups is 2. The molecular weight excluding hydrogens is 531 g/mol. The number of thiophene rings is 1. The van der Waals surface area contributed by atoms with Crippen LogP contribution in [-0.2, 0) is 6.61 Å². The Hall–Kier alpha value is -2.90. The highest BCUT2D eigenvalue weighted by Gasteiger charge is 2.16. The van der Waals surface area contributed by atoms with Gasteiger partial charge in [-0.2, -0.15) is 5.26 Å². The quantitative estimate of drug-likeness (QED) is 0.234. The summed E-state index contributed by atoms with van der Waals surface area (Å²) in [4.78, 5) is 5.43. The number of rotatable bonds is 5. The maximum absolute atomic E-state index is 9.62. The SMILES string of the molecule is COc1cc(Nc2c(C#N)cnc3cc(-c4ccc(CO)cc4)sc23)c(Cl)cc1Cl.OC1CCNCC1. The predicted octanol–water partition coefficient (Wildman–Crippen LogP) is 6.12. The number of anilines is 2. The first-order valence-electron chi connectivity index (χ1n) is 11.6. The van der Waals surface area contributed by atoms with Gasteiger partial charge in [0.05, 0.1) is 57.0 Å². The molecule has 1 saturated heterocycles. The van der Waals surface area contributed by atoms with Crippen molar-refractivity contribution in [3.8, 4) is 22.3 Å². The molecule has 0 atom stereocenters. The van der Waals surface area contributed by atoms with E-state index in [-0.39, 0.29) is 12.7 Å². The molecule has 0 radical (unpaired) electrons. The van der Waals surface area contributed by atoms with Crippen LogP contribution in [0.5, 0.6) is 5.75 Å². The first-order valence-corrected chi connectivity index (χ1v) is 13.2. The lowest BCUT2D eigenvalue weighted by molar-refractivity contribution is 0.137. The highest BCUT2D eigenvalue weighted by Crippen LogP contribution is 2.41. The summed E-state index contributed by atoms with van der Waals surface area (Å²) in [6.07, 6.45) is 3.37. The third kappa shape index (κ3) is 6.51. The fourth-order valence-corrected chi connectivity index (χ4v) is 5.46. The van der Waals surface area contributed by atoms with Gasteiger partial charge in [0.1, 0.15) is 11.8 Å². The van der Waals surface area contributed by atoms with E-state index in [1.165, 1.54) is 24.6 Å². The van der Waals surface area contributed by atoms with Crippen LogP contribution in [0.3, 0.4) is 0 Å². The van der Waals surface area contributed by atoms with Crippen molar-refractivity contribution in [2.45, 2.75) is 25.6 Å². The minimum Gasteiger partial charge on any atom is -0.495 e. The molecule has 3 heterocycles. The van der Waals surface area contributed by atoms with Crippen LogP contribution in [0, 0.1) is 11.3 Å². The van der Waals surface area contributed by atoms with Gasteiger partial charge in [0.25, 0.3) is 0 Å². The van der Waals surface area contributed by atoms with Crippen molar-refractivity contribution in [1.29, 1.82) is 5.26 Å². The summed E-state index contributed by atoms with van der Waals surface area (Å²) >= 11 is 14.0. The van der Waals surface area contributed by atoms with Gasteiger partial charge in [-0.05, 0) is 49.2 Å². The lowest BCUT2D eigenvalue weighted by atomic mass is 10.1. The zero-order chi connectivity index (χ0) is 26.4.